The number of hydrogen-bond donors (Lipinski definition) is 0. The number of aromatic nitrogens is 3. The van der Waals surface area contributed by atoms with Gasteiger partial charge in [-0.05, 0) is 38.0 Å². The summed E-state index contributed by atoms with van der Waals surface area (Å²) in [6.45, 7) is 3.70. The zero-order chi connectivity index (χ0) is 20.9. The number of hydrogen-bond acceptors (Lipinski definition) is 5. The van der Waals surface area contributed by atoms with Gasteiger partial charge in [-0.1, -0.05) is 17.7 Å². The van der Waals surface area contributed by atoms with E-state index < -0.39 is 5.82 Å². The lowest BCUT2D eigenvalue weighted by Gasteiger charge is -2.33. The van der Waals surface area contributed by atoms with Crippen LogP contribution in [0.2, 0.25) is 0 Å². The zero-order valence-corrected chi connectivity index (χ0v) is 16.8. The molecule has 1 amide bonds. The Hall–Kier alpha value is -3.35. The van der Waals surface area contributed by atoms with Crippen LogP contribution < -0.4 is 4.74 Å². The van der Waals surface area contributed by atoms with E-state index in [1.165, 1.54) is 12.1 Å². The summed E-state index contributed by atoms with van der Waals surface area (Å²) in [7, 11) is 0. The van der Waals surface area contributed by atoms with Crippen LogP contribution in [-0.4, -0.2) is 45.5 Å². The number of carbonyl (C=O) groups is 1. The first-order valence-electron chi connectivity index (χ1n) is 10.0. The maximum Gasteiger partial charge on any atom is 0.254 e. The third-order valence-corrected chi connectivity index (χ3v) is 5.19. The van der Waals surface area contributed by atoms with Crippen molar-refractivity contribution in [2.75, 3.05) is 19.7 Å². The molecule has 0 bridgehead atoms. The van der Waals surface area contributed by atoms with Crippen molar-refractivity contribution in [2.45, 2.75) is 19.8 Å². The van der Waals surface area contributed by atoms with Gasteiger partial charge < -0.3 is 9.64 Å². The van der Waals surface area contributed by atoms with Crippen molar-refractivity contribution >= 4 is 5.91 Å². The fraction of sp³-hybridized carbons (Fsp3) is 0.304. The van der Waals surface area contributed by atoms with Gasteiger partial charge in [0.25, 0.3) is 5.91 Å². The van der Waals surface area contributed by atoms with Gasteiger partial charge in [0.15, 0.2) is 5.82 Å². The van der Waals surface area contributed by atoms with Crippen molar-refractivity contribution < 1.29 is 13.9 Å². The topological polar surface area (TPSA) is 68.2 Å². The zero-order valence-electron chi connectivity index (χ0n) is 16.8. The number of carbonyl (C=O) groups excluding carboxylic acids is 1. The molecule has 1 aliphatic heterocycles. The first-order valence-corrected chi connectivity index (χ1v) is 10.0. The predicted octanol–water partition coefficient (Wildman–Crippen LogP) is 3.92. The average Bonchev–Trinajstić information content (AvgIpc) is 2.79. The van der Waals surface area contributed by atoms with Gasteiger partial charge in [0.05, 0.1) is 18.4 Å². The molecule has 1 fully saturated rings. The SMILES string of the molecule is Cc1ccc(-c2ncccn2)c(C(=O)N2CCC[C@@H](COc3ccc(F)cn3)C2)c1. The van der Waals surface area contributed by atoms with E-state index in [1.807, 2.05) is 30.0 Å². The van der Waals surface area contributed by atoms with Crippen LogP contribution in [0.4, 0.5) is 4.39 Å². The quantitative estimate of drug-likeness (QED) is 0.643. The second kappa shape index (κ2) is 8.98. The van der Waals surface area contributed by atoms with Crippen molar-refractivity contribution in [3.8, 4) is 17.3 Å². The van der Waals surface area contributed by atoms with E-state index in [0.29, 0.717) is 37.0 Å². The minimum Gasteiger partial charge on any atom is -0.477 e. The van der Waals surface area contributed by atoms with Crippen molar-refractivity contribution in [1.82, 2.24) is 19.9 Å². The van der Waals surface area contributed by atoms with E-state index in [9.17, 15) is 9.18 Å². The maximum atomic E-state index is 13.4. The molecule has 1 atom stereocenters. The highest BCUT2D eigenvalue weighted by molar-refractivity contribution is 6.00. The van der Waals surface area contributed by atoms with Crippen LogP contribution in [0.5, 0.6) is 5.88 Å². The maximum absolute atomic E-state index is 13.4. The van der Waals surface area contributed by atoms with E-state index in [1.54, 1.807) is 18.5 Å². The predicted molar refractivity (Wildman–Crippen MR) is 111 cm³/mol. The number of halogens is 1. The molecular formula is C23H23FN4O2. The summed E-state index contributed by atoms with van der Waals surface area (Å²) in [6.07, 6.45) is 6.35. The Balaban J connectivity index is 1.48. The van der Waals surface area contributed by atoms with E-state index in [0.717, 1.165) is 30.2 Å². The molecule has 3 heterocycles. The molecule has 1 saturated heterocycles. The Labute approximate surface area is 174 Å². The van der Waals surface area contributed by atoms with Gasteiger partial charge in [0.2, 0.25) is 5.88 Å². The Bertz CT molecular complexity index is 1010. The van der Waals surface area contributed by atoms with Gasteiger partial charge in [-0.2, -0.15) is 0 Å². The van der Waals surface area contributed by atoms with Crippen molar-refractivity contribution in [2.24, 2.45) is 5.92 Å². The van der Waals surface area contributed by atoms with E-state index in [-0.39, 0.29) is 11.8 Å². The van der Waals surface area contributed by atoms with E-state index in [4.69, 9.17) is 4.74 Å². The molecule has 3 aromatic rings. The molecule has 6 nitrogen and oxygen atoms in total. The van der Waals surface area contributed by atoms with Gasteiger partial charge in [-0.3, -0.25) is 4.79 Å². The normalized spacial score (nSPS) is 16.3. The number of rotatable bonds is 5. The number of nitrogens with zero attached hydrogens (tertiary/aromatic N) is 4. The van der Waals surface area contributed by atoms with Crippen LogP contribution in [0, 0.1) is 18.7 Å². The molecule has 7 heteroatoms. The smallest absolute Gasteiger partial charge is 0.254 e. The lowest BCUT2D eigenvalue weighted by molar-refractivity contribution is 0.0631. The number of amides is 1. The molecule has 1 aromatic carbocycles. The Morgan fingerprint density at radius 3 is 2.80 bits per heavy atom. The van der Waals surface area contributed by atoms with Crippen LogP contribution in [-0.2, 0) is 0 Å². The molecular weight excluding hydrogens is 383 g/mol. The number of piperidine rings is 1. The average molecular weight is 406 g/mol. The van der Waals surface area contributed by atoms with Crippen molar-refractivity contribution in [1.29, 1.82) is 0 Å². The van der Waals surface area contributed by atoms with E-state index >= 15 is 0 Å². The summed E-state index contributed by atoms with van der Waals surface area (Å²) >= 11 is 0. The standard InChI is InChI=1S/C23H23FN4O2/c1-16-5-7-19(22-25-9-3-10-26-22)20(12-16)23(29)28-11-2-4-17(14-28)15-30-21-8-6-18(24)13-27-21/h3,5-10,12-13,17H,2,4,11,14-15H2,1H3/t17-/m1/s1. The minimum atomic E-state index is -0.395. The summed E-state index contributed by atoms with van der Waals surface area (Å²) < 4.78 is 18.7. The molecule has 154 valence electrons. The van der Waals surface area contributed by atoms with Gasteiger partial charge in [0, 0.05) is 43.0 Å². The molecule has 0 N–H and O–H groups in total. The first-order chi connectivity index (χ1) is 14.6. The Morgan fingerprint density at radius 2 is 2.03 bits per heavy atom. The molecule has 1 aliphatic rings. The number of benzene rings is 1. The van der Waals surface area contributed by atoms with E-state index in [2.05, 4.69) is 15.0 Å². The summed E-state index contributed by atoms with van der Waals surface area (Å²) in [4.78, 5) is 27.8. The molecule has 0 unspecified atom stereocenters. The Morgan fingerprint density at radius 1 is 1.20 bits per heavy atom. The Kier molecular flexibility index (Phi) is 5.97. The van der Waals surface area contributed by atoms with Gasteiger partial charge >= 0.3 is 0 Å². The molecule has 30 heavy (non-hydrogen) atoms. The third kappa shape index (κ3) is 4.62. The largest absolute Gasteiger partial charge is 0.477 e. The lowest BCUT2D eigenvalue weighted by Crippen LogP contribution is -2.41. The van der Waals surface area contributed by atoms with Gasteiger partial charge in [-0.15, -0.1) is 0 Å². The van der Waals surface area contributed by atoms with Crippen LogP contribution in [0.15, 0.2) is 55.0 Å². The molecule has 0 radical (unpaired) electrons. The van der Waals surface area contributed by atoms with Crippen molar-refractivity contribution in [3.63, 3.8) is 0 Å². The summed E-state index contributed by atoms with van der Waals surface area (Å²) in [5.74, 6) is 0.705. The molecule has 0 aliphatic carbocycles. The van der Waals surface area contributed by atoms with Crippen LogP contribution >= 0.6 is 0 Å². The number of likely N-dealkylation sites (tertiary alicyclic amines) is 1. The highest BCUT2D eigenvalue weighted by Crippen LogP contribution is 2.26. The van der Waals surface area contributed by atoms with Crippen LogP contribution in [0.1, 0.15) is 28.8 Å². The first kappa shape index (κ1) is 19.9. The fourth-order valence-corrected chi connectivity index (χ4v) is 3.67. The van der Waals surface area contributed by atoms with Gasteiger partial charge in [0.1, 0.15) is 5.82 Å². The third-order valence-electron chi connectivity index (χ3n) is 5.19. The van der Waals surface area contributed by atoms with Crippen LogP contribution in [0.3, 0.4) is 0 Å². The number of aryl methyl sites for hydroxylation is 1. The summed E-state index contributed by atoms with van der Waals surface area (Å²) in [5, 5.41) is 0. The molecule has 2 aromatic heterocycles. The summed E-state index contributed by atoms with van der Waals surface area (Å²) in [6, 6.07) is 10.4. The number of pyridine rings is 1. The number of ether oxygens (including phenoxy) is 1. The van der Waals surface area contributed by atoms with Crippen LogP contribution in [0.25, 0.3) is 11.4 Å². The minimum absolute atomic E-state index is 0.0224. The monoisotopic (exact) mass is 406 g/mol. The van der Waals surface area contributed by atoms with Gasteiger partial charge in [-0.25, -0.2) is 19.3 Å². The molecule has 4 rings (SSSR count). The molecule has 0 saturated carbocycles. The highest BCUT2D eigenvalue weighted by atomic mass is 19.1. The fourth-order valence-electron chi connectivity index (χ4n) is 3.67. The summed E-state index contributed by atoms with van der Waals surface area (Å²) in [5.41, 5.74) is 2.36. The lowest BCUT2D eigenvalue weighted by atomic mass is 9.96. The second-order valence-electron chi connectivity index (χ2n) is 7.51. The van der Waals surface area contributed by atoms with Crippen molar-refractivity contribution in [3.05, 3.63) is 71.9 Å². The highest BCUT2D eigenvalue weighted by Gasteiger charge is 2.27. The molecule has 0 spiro atoms. The second-order valence-corrected chi connectivity index (χ2v) is 7.51.